The fourth-order valence-electron chi connectivity index (χ4n) is 1.97. The lowest BCUT2D eigenvalue weighted by molar-refractivity contribution is -0.120. The zero-order valence-electron chi connectivity index (χ0n) is 10.8. The van der Waals surface area contributed by atoms with Gasteiger partial charge in [-0.2, -0.15) is 0 Å². The predicted molar refractivity (Wildman–Crippen MR) is 65.3 cm³/mol. The molecule has 6 nitrogen and oxygen atoms in total. The normalized spacial score (nSPS) is 19.8. The van der Waals surface area contributed by atoms with Gasteiger partial charge < -0.3 is 19.9 Å². The maximum absolute atomic E-state index is 11.8. The van der Waals surface area contributed by atoms with Crippen LogP contribution in [0.25, 0.3) is 0 Å². The molecule has 0 bridgehead atoms. The van der Waals surface area contributed by atoms with E-state index in [1.165, 1.54) is 0 Å². The van der Waals surface area contributed by atoms with E-state index in [0.29, 0.717) is 25.3 Å². The van der Waals surface area contributed by atoms with Crippen molar-refractivity contribution in [2.45, 2.75) is 26.3 Å². The largest absolute Gasteiger partial charge is 0.378 e. The number of carbonyl (C=O) groups excluding carboxylic acids is 1. The van der Waals surface area contributed by atoms with Gasteiger partial charge in [-0.3, -0.25) is 4.79 Å². The highest BCUT2D eigenvalue weighted by molar-refractivity contribution is 5.79. The minimum absolute atomic E-state index is 0.0169. The number of ether oxygens (including phenoxy) is 1. The second-order valence-corrected chi connectivity index (χ2v) is 4.51. The fraction of sp³-hybridized carbons (Fsp3) is 0.667. The van der Waals surface area contributed by atoms with E-state index in [1.54, 1.807) is 0 Å². The summed E-state index contributed by atoms with van der Waals surface area (Å²) in [5.41, 5.74) is 1.65. The van der Waals surface area contributed by atoms with Crippen molar-refractivity contribution in [2.24, 2.45) is 0 Å². The Kier molecular flexibility index (Phi) is 4.33. The number of nitrogens with one attached hydrogen (secondary N) is 2. The molecule has 6 heteroatoms. The van der Waals surface area contributed by atoms with E-state index in [2.05, 4.69) is 15.8 Å². The van der Waals surface area contributed by atoms with Crippen LogP contribution in [0, 0.1) is 13.8 Å². The maximum Gasteiger partial charge on any atom is 0.224 e. The molecule has 100 valence electrons. The van der Waals surface area contributed by atoms with E-state index < -0.39 is 0 Å². The van der Waals surface area contributed by atoms with Crippen molar-refractivity contribution in [2.75, 3.05) is 26.3 Å². The second kappa shape index (κ2) is 5.97. The van der Waals surface area contributed by atoms with Gasteiger partial charge in [-0.25, -0.2) is 0 Å². The number of hydrogen-bond acceptors (Lipinski definition) is 5. The molecular formula is C12H19N3O3. The summed E-state index contributed by atoms with van der Waals surface area (Å²) in [7, 11) is 0. The Bertz CT molecular complexity index is 391. The van der Waals surface area contributed by atoms with Gasteiger partial charge >= 0.3 is 0 Å². The van der Waals surface area contributed by atoms with Crippen molar-refractivity contribution < 1.29 is 14.1 Å². The molecule has 1 fully saturated rings. The molecule has 1 atom stereocenters. The Balaban J connectivity index is 1.78. The van der Waals surface area contributed by atoms with Crippen molar-refractivity contribution in [1.29, 1.82) is 0 Å². The first-order valence-corrected chi connectivity index (χ1v) is 6.16. The Morgan fingerprint density at radius 2 is 2.39 bits per heavy atom. The average molecular weight is 253 g/mol. The molecule has 1 unspecified atom stereocenters. The van der Waals surface area contributed by atoms with Gasteiger partial charge in [-0.1, -0.05) is 5.16 Å². The molecule has 2 N–H and O–H groups in total. The highest BCUT2D eigenvalue weighted by Gasteiger charge is 2.16. The van der Waals surface area contributed by atoms with Crippen LogP contribution in [0.15, 0.2) is 4.52 Å². The molecule has 18 heavy (non-hydrogen) atoms. The third-order valence-corrected chi connectivity index (χ3v) is 3.06. The van der Waals surface area contributed by atoms with Crippen molar-refractivity contribution >= 4 is 5.91 Å². The summed E-state index contributed by atoms with van der Waals surface area (Å²) in [6.45, 7) is 6.47. The molecule has 0 aliphatic carbocycles. The van der Waals surface area contributed by atoms with Crippen molar-refractivity contribution in [3.8, 4) is 0 Å². The minimum atomic E-state index is -0.0169. The lowest BCUT2D eigenvalue weighted by Gasteiger charge is -2.23. The van der Waals surface area contributed by atoms with Crippen LogP contribution in [0.2, 0.25) is 0 Å². The highest BCUT2D eigenvalue weighted by atomic mass is 16.5. The molecule has 0 spiro atoms. The van der Waals surface area contributed by atoms with Crippen LogP contribution in [-0.2, 0) is 16.0 Å². The molecule has 1 aromatic heterocycles. The summed E-state index contributed by atoms with van der Waals surface area (Å²) in [6.07, 6.45) is 0.314. The van der Waals surface area contributed by atoms with Crippen LogP contribution in [0.1, 0.15) is 17.0 Å². The number of morpholine rings is 1. The summed E-state index contributed by atoms with van der Waals surface area (Å²) < 4.78 is 10.3. The standard InChI is InChI=1S/C12H19N3O3/c1-8-11(9(2)18-15-8)5-12(16)14-6-10-7-17-4-3-13-10/h10,13H,3-7H2,1-2H3,(H,14,16). The zero-order valence-corrected chi connectivity index (χ0v) is 10.8. The molecule has 1 aliphatic heterocycles. The summed E-state index contributed by atoms with van der Waals surface area (Å²) >= 11 is 0. The molecule has 1 amide bonds. The second-order valence-electron chi connectivity index (χ2n) is 4.51. The summed E-state index contributed by atoms with van der Waals surface area (Å²) in [5.74, 6) is 0.693. The van der Waals surface area contributed by atoms with Gasteiger partial charge in [0.25, 0.3) is 0 Å². The predicted octanol–water partition coefficient (Wildman–Crippen LogP) is -0.0615. The first-order chi connectivity index (χ1) is 8.66. The van der Waals surface area contributed by atoms with Crippen LogP contribution in [0.5, 0.6) is 0 Å². The number of amides is 1. The molecule has 1 aromatic rings. The quantitative estimate of drug-likeness (QED) is 0.786. The van der Waals surface area contributed by atoms with Gasteiger partial charge in [0.05, 0.1) is 25.3 Å². The van der Waals surface area contributed by atoms with E-state index in [4.69, 9.17) is 9.26 Å². The molecular weight excluding hydrogens is 234 g/mol. The fourth-order valence-corrected chi connectivity index (χ4v) is 1.97. The van der Waals surface area contributed by atoms with Crippen LogP contribution in [-0.4, -0.2) is 43.4 Å². The van der Waals surface area contributed by atoms with E-state index in [1.807, 2.05) is 13.8 Å². The van der Waals surface area contributed by atoms with Crippen molar-refractivity contribution in [3.05, 3.63) is 17.0 Å². The van der Waals surface area contributed by atoms with E-state index in [-0.39, 0.29) is 11.9 Å². The summed E-state index contributed by atoms with van der Waals surface area (Å²) in [4.78, 5) is 11.8. The van der Waals surface area contributed by atoms with Gasteiger partial charge in [0, 0.05) is 24.7 Å². The van der Waals surface area contributed by atoms with Gasteiger partial charge in [-0.05, 0) is 13.8 Å². The number of hydrogen-bond donors (Lipinski definition) is 2. The first kappa shape index (κ1) is 13.0. The SMILES string of the molecule is Cc1noc(C)c1CC(=O)NCC1COCCN1. The Morgan fingerprint density at radius 3 is 3.00 bits per heavy atom. The van der Waals surface area contributed by atoms with Crippen LogP contribution in [0.3, 0.4) is 0 Å². The first-order valence-electron chi connectivity index (χ1n) is 6.16. The smallest absolute Gasteiger partial charge is 0.224 e. The van der Waals surface area contributed by atoms with Gasteiger partial charge in [-0.15, -0.1) is 0 Å². The third-order valence-electron chi connectivity index (χ3n) is 3.06. The molecule has 1 saturated heterocycles. The van der Waals surface area contributed by atoms with Crippen molar-refractivity contribution in [3.63, 3.8) is 0 Å². The lowest BCUT2D eigenvalue weighted by atomic mass is 10.1. The molecule has 1 aliphatic rings. The minimum Gasteiger partial charge on any atom is -0.378 e. The summed E-state index contributed by atoms with van der Waals surface area (Å²) in [5, 5.41) is 10.0. The van der Waals surface area contributed by atoms with Gasteiger partial charge in [0.2, 0.25) is 5.91 Å². The maximum atomic E-state index is 11.8. The number of aryl methyl sites for hydroxylation is 2. The monoisotopic (exact) mass is 253 g/mol. The van der Waals surface area contributed by atoms with Crippen LogP contribution < -0.4 is 10.6 Å². The molecule has 0 radical (unpaired) electrons. The Labute approximate surface area is 106 Å². The Morgan fingerprint density at radius 1 is 1.56 bits per heavy atom. The highest BCUT2D eigenvalue weighted by Crippen LogP contribution is 2.12. The lowest BCUT2D eigenvalue weighted by Crippen LogP contribution is -2.48. The van der Waals surface area contributed by atoms with E-state index >= 15 is 0 Å². The van der Waals surface area contributed by atoms with Gasteiger partial charge in [0.1, 0.15) is 5.76 Å². The molecule has 2 rings (SSSR count). The zero-order chi connectivity index (χ0) is 13.0. The van der Waals surface area contributed by atoms with E-state index in [0.717, 1.165) is 24.4 Å². The van der Waals surface area contributed by atoms with Crippen LogP contribution in [0.4, 0.5) is 0 Å². The summed E-state index contributed by atoms with van der Waals surface area (Å²) in [6, 6.07) is 0.201. The van der Waals surface area contributed by atoms with Gasteiger partial charge in [0.15, 0.2) is 0 Å². The third kappa shape index (κ3) is 3.30. The number of aromatic nitrogens is 1. The van der Waals surface area contributed by atoms with Crippen LogP contribution >= 0.6 is 0 Å². The average Bonchev–Trinajstić information content (AvgIpc) is 2.69. The topological polar surface area (TPSA) is 76.4 Å². The Hall–Kier alpha value is -1.40. The molecule has 2 heterocycles. The number of carbonyl (C=O) groups is 1. The molecule has 0 saturated carbocycles. The van der Waals surface area contributed by atoms with E-state index in [9.17, 15) is 4.79 Å². The number of rotatable bonds is 4. The molecule has 0 aromatic carbocycles. The van der Waals surface area contributed by atoms with Crippen molar-refractivity contribution in [1.82, 2.24) is 15.8 Å². The number of nitrogens with zero attached hydrogens (tertiary/aromatic N) is 1.